The zero-order valence-electron chi connectivity index (χ0n) is 59.8. The van der Waals surface area contributed by atoms with Gasteiger partial charge in [-0.25, -0.2) is 0 Å². The van der Waals surface area contributed by atoms with Gasteiger partial charge in [-0.05, 0) is 109 Å². The highest BCUT2D eigenvalue weighted by Gasteiger charge is 2.44. The van der Waals surface area contributed by atoms with Crippen LogP contribution in [0.3, 0.4) is 0 Å². The smallest absolute Gasteiger partial charge is 0.305 e. The first-order chi connectivity index (χ1) is 45.2. The largest absolute Gasteiger partial charge is 0.466 e. The van der Waals surface area contributed by atoms with Crippen molar-refractivity contribution in [3.8, 4) is 0 Å². The maximum Gasteiger partial charge on any atom is 0.305 e. The van der Waals surface area contributed by atoms with E-state index in [1.807, 2.05) is 6.08 Å². The molecular weight excluding hydrogens is 1150 g/mol. The van der Waals surface area contributed by atoms with Crippen LogP contribution in [0.15, 0.2) is 72.9 Å². The summed E-state index contributed by atoms with van der Waals surface area (Å²) in [6.45, 7) is 4.23. The Kier molecular flexibility index (Phi) is 65.8. The summed E-state index contributed by atoms with van der Waals surface area (Å²) < 4.78 is 16.7. The van der Waals surface area contributed by atoms with Gasteiger partial charge in [0, 0.05) is 12.8 Å². The predicted octanol–water partition coefficient (Wildman–Crippen LogP) is 21.0. The van der Waals surface area contributed by atoms with E-state index >= 15 is 0 Å². The Morgan fingerprint density at radius 1 is 0.413 bits per heavy atom. The number of aliphatic hydroxyl groups excluding tert-OH is 5. The summed E-state index contributed by atoms with van der Waals surface area (Å²) >= 11 is 0. The number of hydrogen-bond donors (Lipinski definition) is 6. The number of carbonyl (C=O) groups excluding carboxylic acids is 2. The fraction of sp³-hybridized carbons (Fsp3) is 0.827. The third-order valence-corrected chi connectivity index (χ3v) is 18.3. The van der Waals surface area contributed by atoms with E-state index < -0.39 is 49.5 Å². The zero-order valence-corrected chi connectivity index (χ0v) is 59.8. The van der Waals surface area contributed by atoms with Gasteiger partial charge in [0.2, 0.25) is 5.91 Å². The normalized spacial score (nSPS) is 17.9. The maximum absolute atomic E-state index is 13.0. The molecule has 7 unspecified atom stereocenters. The number of rotatable bonds is 69. The fourth-order valence-electron chi connectivity index (χ4n) is 12.1. The second-order valence-corrected chi connectivity index (χ2v) is 27.0. The summed E-state index contributed by atoms with van der Waals surface area (Å²) in [6.07, 6.45) is 85.3. The first kappa shape index (κ1) is 87.1. The van der Waals surface area contributed by atoms with E-state index in [9.17, 15) is 35.1 Å². The van der Waals surface area contributed by atoms with Crippen LogP contribution in [0.2, 0.25) is 0 Å². The minimum absolute atomic E-state index is 0.00891. The number of hydrogen-bond acceptors (Lipinski definition) is 10. The Morgan fingerprint density at radius 2 is 0.772 bits per heavy atom. The number of carbonyl (C=O) groups is 2. The Hall–Kier alpha value is -2.90. The van der Waals surface area contributed by atoms with E-state index in [2.05, 4.69) is 79.9 Å². The van der Waals surface area contributed by atoms with E-state index in [0.717, 1.165) is 77.0 Å². The van der Waals surface area contributed by atoms with Crippen molar-refractivity contribution in [1.82, 2.24) is 5.32 Å². The number of aliphatic hydroxyl groups is 5. The van der Waals surface area contributed by atoms with Crippen LogP contribution in [0.4, 0.5) is 0 Å². The maximum atomic E-state index is 13.0. The molecule has 1 aliphatic heterocycles. The van der Waals surface area contributed by atoms with Gasteiger partial charge in [-0.15, -0.1) is 0 Å². The van der Waals surface area contributed by atoms with Crippen molar-refractivity contribution in [1.29, 1.82) is 0 Å². The average molecular weight is 1300 g/mol. The molecule has 1 heterocycles. The van der Waals surface area contributed by atoms with Crippen molar-refractivity contribution in [2.75, 3.05) is 19.8 Å². The van der Waals surface area contributed by atoms with Crippen molar-refractivity contribution in [2.45, 2.75) is 410 Å². The molecule has 0 aliphatic carbocycles. The van der Waals surface area contributed by atoms with Gasteiger partial charge in [0.15, 0.2) is 6.29 Å². The molecule has 1 fully saturated rings. The van der Waals surface area contributed by atoms with Crippen LogP contribution in [0, 0.1) is 0 Å². The number of unbranched alkanes of at least 4 members (excludes halogenated alkanes) is 45. The standard InChI is InChI=1S/C81H147NO10/c1-3-5-7-9-11-13-15-16-17-39-43-46-49-53-57-61-65-69-77(86)90-70-66-62-58-54-50-47-44-41-38-36-34-32-30-28-26-24-22-20-18-19-21-23-25-27-29-31-33-35-37-40-42-45-48-52-56-60-64-68-76(85)82-73(72-91-81-80(89)79(88)78(87)75(71-83)92-81)74(84)67-63-59-55-51-14-12-10-8-6-4-2/h6,8,14,16-18,20,24,26,51,63,67,73-75,78-81,83-84,87-89H,3-5,7,9-13,15,19,21-23,25,27-50,52-62,64-66,68-72H2,1-2H3,(H,82,85)/b8-6+,17-16-,20-18-,26-24-,51-14+,67-63+. The molecule has 0 aromatic heterocycles. The third kappa shape index (κ3) is 57.4. The SMILES string of the molecule is CC/C=C/CC/C=C/CC/C=C/C(O)C(COC1OC(CO)C(O)C(O)C1O)NC(=O)CCCCCCCCCCCCCCCCCCC/C=C\C/C=C\CCCCCCCCCCCCCCCOC(=O)CCCCCCCCC/C=C\CCCCCCCC. The van der Waals surface area contributed by atoms with E-state index in [4.69, 9.17) is 14.2 Å². The highest BCUT2D eigenvalue weighted by molar-refractivity contribution is 5.76. The minimum Gasteiger partial charge on any atom is -0.466 e. The van der Waals surface area contributed by atoms with Crippen molar-refractivity contribution in [2.24, 2.45) is 0 Å². The molecule has 7 atom stereocenters. The van der Waals surface area contributed by atoms with Gasteiger partial charge in [-0.3, -0.25) is 9.59 Å². The number of nitrogens with one attached hydrogen (secondary N) is 1. The molecule has 11 nitrogen and oxygen atoms in total. The van der Waals surface area contributed by atoms with E-state index in [1.54, 1.807) is 6.08 Å². The summed E-state index contributed by atoms with van der Waals surface area (Å²) in [5.41, 5.74) is 0. The second-order valence-electron chi connectivity index (χ2n) is 27.0. The average Bonchev–Trinajstić information content (AvgIpc) is 1.01. The molecule has 0 aromatic carbocycles. The van der Waals surface area contributed by atoms with Crippen LogP contribution in [0.5, 0.6) is 0 Å². The lowest BCUT2D eigenvalue weighted by atomic mass is 9.99. The Labute approximate surface area is 566 Å². The van der Waals surface area contributed by atoms with Gasteiger partial charge in [-0.2, -0.15) is 0 Å². The summed E-state index contributed by atoms with van der Waals surface area (Å²) in [5.74, 6) is -0.187. The van der Waals surface area contributed by atoms with Crippen LogP contribution >= 0.6 is 0 Å². The number of esters is 1. The molecule has 1 amide bonds. The van der Waals surface area contributed by atoms with E-state index in [1.165, 1.54) is 263 Å². The van der Waals surface area contributed by atoms with Gasteiger partial charge < -0.3 is 45.1 Å². The highest BCUT2D eigenvalue weighted by Crippen LogP contribution is 2.23. The van der Waals surface area contributed by atoms with Crippen molar-refractivity contribution >= 4 is 11.9 Å². The van der Waals surface area contributed by atoms with Crippen LogP contribution < -0.4 is 5.32 Å². The molecule has 11 heteroatoms. The molecule has 1 aliphatic rings. The Morgan fingerprint density at radius 3 is 1.20 bits per heavy atom. The lowest BCUT2D eigenvalue weighted by molar-refractivity contribution is -0.302. The Bertz CT molecular complexity index is 1760. The van der Waals surface area contributed by atoms with Crippen LogP contribution in [-0.2, 0) is 23.8 Å². The second kappa shape index (κ2) is 69.5. The highest BCUT2D eigenvalue weighted by atomic mass is 16.7. The molecule has 536 valence electrons. The summed E-state index contributed by atoms with van der Waals surface area (Å²) in [6, 6.07) is -0.833. The molecular formula is C81H147NO10. The quantitative estimate of drug-likeness (QED) is 0.0195. The third-order valence-electron chi connectivity index (χ3n) is 18.3. The van der Waals surface area contributed by atoms with Gasteiger partial charge in [0.05, 0.1) is 32.0 Å². The van der Waals surface area contributed by atoms with Gasteiger partial charge in [0.1, 0.15) is 24.4 Å². The zero-order chi connectivity index (χ0) is 66.5. The molecule has 0 aromatic rings. The van der Waals surface area contributed by atoms with Crippen molar-refractivity contribution < 1.29 is 49.3 Å². The molecule has 0 bridgehead atoms. The molecule has 0 spiro atoms. The molecule has 1 saturated heterocycles. The number of amides is 1. The van der Waals surface area contributed by atoms with Gasteiger partial charge >= 0.3 is 5.97 Å². The van der Waals surface area contributed by atoms with E-state index in [0.29, 0.717) is 19.4 Å². The first-order valence-electron chi connectivity index (χ1n) is 39.2. The molecule has 6 N–H and O–H groups in total. The monoisotopic (exact) mass is 1290 g/mol. The predicted molar refractivity (Wildman–Crippen MR) is 389 cm³/mol. The lowest BCUT2D eigenvalue weighted by Gasteiger charge is -2.40. The first-order valence-corrected chi connectivity index (χ1v) is 39.2. The summed E-state index contributed by atoms with van der Waals surface area (Å²) in [4.78, 5) is 25.1. The fourth-order valence-corrected chi connectivity index (χ4v) is 12.1. The lowest BCUT2D eigenvalue weighted by Crippen LogP contribution is -2.60. The van der Waals surface area contributed by atoms with Crippen LogP contribution in [0.25, 0.3) is 0 Å². The van der Waals surface area contributed by atoms with Crippen LogP contribution in [0.1, 0.15) is 367 Å². The van der Waals surface area contributed by atoms with Gasteiger partial charge in [0.25, 0.3) is 0 Å². The summed E-state index contributed by atoms with van der Waals surface area (Å²) in [5, 5.41) is 54.3. The van der Waals surface area contributed by atoms with Crippen molar-refractivity contribution in [3.63, 3.8) is 0 Å². The molecule has 0 saturated carbocycles. The molecule has 92 heavy (non-hydrogen) atoms. The summed E-state index contributed by atoms with van der Waals surface area (Å²) in [7, 11) is 0. The van der Waals surface area contributed by atoms with Gasteiger partial charge in [-0.1, -0.05) is 318 Å². The number of ether oxygens (including phenoxy) is 3. The van der Waals surface area contributed by atoms with Crippen LogP contribution in [-0.4, -0.2) is 100 Å². The Balaban J connectivity index is 1.88. The molecule has 1 rings (SSSR count). The van der Waals surface area contributed by atoms with Crippen molar-refractivity contribution in [3.05, 3.63) is 72.9 Å². The minimum atomic E-state index is -1.58. The topological polar surface area (TPSA) is 175 Å². The molecule has 0 radical (unpaired) electrons. The van der Waals surface area contributed by atoms with E-state index in [-0.39, 0.29) is 18.5 Å². The number of allylic oxidation sites excluding steroid dienone is 11.